The number of methoxy groups -OCH3 is 1. The van der Waals surface area contributed by atoms with Crippen LogP contribution in [0, 0.1) is 6.92 Å². The van der Waals surface area contributed by atoms with Crippen LogP contribution in [0.15, 0.2) is 28.7 Å². The van der Waals surface area contributed by atoms with E-state index in [1.54, 1.807) is 13.8 Å². The molecule has 0 saturated heterocycles. The Morgan fingerprint density at radius 2 is 2.10 bits per heavy atom. The quantitative estimate of drug-likeness (QED) is 0.871. The van der Waals surface area contributed by atoms with Gasteiger partial charge in [0.1, 0.15) is 11.2 Å². The van der Waals surface area contributed by atoms with Gasteiger partial charge in [-0.25, -0.2) is 4.98 Å². The summed E-state index contributed by atoms with van der Waals surface area (Å²) in [5, 5.41) is 0. The summed E-state index contributed by atoms with van der Waals surface area (Å²) in [5.74, 6) is 0.295. The van der Waals surface area contributed by atoms with E-state index in [9.17, 15) is 4.79 Å². The molecule has 2 aromatic rings. The first-order valence-corrected chi connectivity index (χ1v) is 7.07. The Morgan fingerprint density at radius 1 is 1.40 bits per heavy atom. The van der Waals surface area contributed by atoms with Crippen molar-refractivity contribution in [2.75, 3.05) is 7.11 Å². The van der Waals surface area contributed by atoms with Gasteiger partial charge in [-0.3, -0.25) is 4.79 Å². The highest BCUT2D eigenvalue weighted by molar-refractivity contribution is 9.10. The molecule has 5 heteroatoms. The Morgan fingerprint density at radius 3 is 2.70 bits per heavy atom. The van der Waals surface area contributed by atoms with E-state index in [2.05, 4.69) is 25.9 Å². The molecule has 1 aromatic heterocycles. The van der Waals surface area contributed by atoms with Crippen molar-refractivity contribution in [3.05, 3.63) is 40.3 Å². The molecule has 4 nitrogen and oxygen atoms in total. The molecule has 0 aliphatic rings. The van der Waals surface area contributed by atoms with Crippen LogP contribution in [-0.4, -0.2) is 23.0 Å². The number of hydrogen-bond donors (Lipinski definition) is 1. The maximum absolute atomic E-state index is 11.9. The lowest BCUT2D eigenvalue weighted by molar-refractivity contribution is -0.146. The highest BCUT2D eigenvalue weighted by atomic mass is 79.9. The molecule has 1 aromatic carbocycles. The highest BCUT2D eigenvalue weighted by Gasteiger charge is 2.34. The molecule has 0 aliphatic heterocycles. The number of aromatic nitrogens is 2. The van der Waals surface area contributed by atoms with Gasteiger partial charge in [0.15, 0.2) is 0 Å². The molecule has 0 spiro atoms. The van der Waals surface area contributed by atoms with Crippen LogP contribution in [0.1, 0.15) is 25.4 Å². The third-order valence-electron chi connectivity index (χ3n) is 3.27. The lowest BCUT2D eigenvalue weighted by Gasteiger charge is -2.18. The Balaban J connectivity index is 2.47. The van der Waals surface area contributed by atoms with Gasteiger partial charge in [0.2, 0.25) is 0 Å². The van der Waals surface area contributed by atoms with Crippen LogP contribution in [0.4, 0.5) is 0 Å². The summed E-state index contributed by atoms with van der Waals surface area (Å²) in [5.41, 5.74) is 1.97. The van der Waals surface area contributed by atoms with E-state index in [0.29, 0.717) is 5.82 Å². The fourth-order valence-electron chi connectivity index (χ4n) is 2.03. The second-order valence-corrected chi connectivity index (χ2v) is 6.10. The van der Waals surface area contributed by atoms with Gasteiger partial charge in [-0.1, -0.05) is 28.1 Å². The maximum Gasteiger partial charge on any atom is 0.318 e. The number of nitrogens with zero attached hydrogens (tertiary/aromatic N) is 1. The Hall–Kier alpha value is -1.62. The minimum Gasteiger partial charge on any atom is -0.468 e. The van der Waals surface area contributed by atoms with E-state index in [1.807, 2.05) is 31.2 Å². The summed E-state index contributed by atoms with van der Waals surface area (Å²) < 4.78 is 5.83. The third-order valence-corrected chi connectivity index (χ3v) is 3.76. The maximum atomic E-state index is 11.9. The number of H-pyrrole nitrogens is 1. The summed E-state index contributed by atoms with van der Waals surface area (Å²) in [6.07, 6.45) is 0. The van der Waals surface area contributed by atoms with Crippen LogP contribution in [0.3, 0.4) is 0 Å². The summed E-state index contributed by atoms with van der Waals surface area (Å²) in [7, 11) is 1.38. The molecule has 0 fully saturated rings. The standard InChI is InChI=1S/C15H17BrN2O2/c1-9-12(10-6-5-7-11(16)8-10)18-13(17-9)15(2,3)14(19)20-4/h5-8H,1-4H3,(H,17,18). The van der Waals surface area contributed by atoms with Gasteiger partial charge >= 0.3 is 5.97 Å². The zero-order chi connectivity index (χ0) is 14.9. The molecule has 2 rings (SSSR count). The number of hydrogen-bond acceptors (Lipinski definition) is 3. The molecule has 0 bridgehead atoms. The van der Waals surface area contributed by atoms with Crippen molar-refractivity contribution in [3.8, 4) is 11.3 Å². The Bertz CT molecular complexity index is 647. The van der Waals surface area contributed by atoms with Crippen molar-refractivity contribution < 1.29 is 9.53 Å². The number of halogens is 1. The molecule has 106 valence electrons. The predicted octanol–water partition coefficient (Wildman–Crippen LogP) is 3.60. The molecule has 1 heterocycles. The summed E-state index contributed by atoms with van der Waals surface area (Å²) in [6, 6.07) is 7.91. The van der Waals surface area contributed by atoms with E-state index in [1.165, 1.54) is 7.11 Å². The molecule has 0 atom stereocenters. The number of ether oxygens (including phenoxy) is 1. The topological polar surface area (TPSA) is 55.0 Å². The largest absolute Gasteiger partial charge is 0.468 e. The van der Waals surface area contributed by atoms with Crippen LogP contribution in [-0.2, 0) is 14.9 Å². The lowest BCUT2D eigenvalue weighted by atomic mass is 9.93. The predicted molar refractivity (Wildman–Crippen MR) is 81.5 cm³/mol. The number of esters is 1. The van der Waals surface area contributed by atoms with Crippen LogP contribution < -0.4 is 0 Å². The number of aromatic amines is 1. The van der Waals surface area contributed by atoms with Crippen LogP contribution in [0.2, 0.25) is 0 Å². The first kappa shape index (κ1) is 14.8. The molecule has 0 unspecified atom stereocenters. The number of benzene rings is 1. The number of aryl methyl sites for hydroxylation is 1. The summed E-state index contributed by atoms with van der Waals surface area (Å²) in [4.78, 5) is 19.6. The molecular weight excluding hydrogens is 320 g/mol. The number of nitrogens with one attached hydrogen (secondary N) is 1. The molecule has 0 radical (unpaired) electrons. The van der Waals surface area contributed by atoms with Gasteiger partial charge in [-0.15, -0.1) is 0 Å². The second-order valence-electron chi connectivity index (χ2n) is 5.19. The monoisotopic (exact) mass is 336 g/mol. The zero-order valence-corrected chi connectivity index (χ0v) is 13.5. The normalized spacial score (nSPS) is 11.4. The van der Waals surface area contributed by atoms with Crippen LogP contribution in [0.25, 0.3) is 11.3 Å². The fraction of sp³-hybridized carbons (Fsp3) is 0.333. The Kier molecular flexibility index (Phi) is 3.99. The number of imidazole rings is 1. The van der Waals surface area contributed by atoms with Gasteiger partial charge < -0.3 is 9.72 Å². The zero-order valence-electron chi connectivity index (χ0n) is 12.0. The number of carbonyl (C=O) groups excluding carboxylic acids is 1. The third kappa shape index (κ3) is 2.63. The fourth-order valence-corrected chi connectivity index (χ4v) is 2.42. The highest BCUT2D eigenvalue weighted by Crippen LogP contribution is 2.29. The first-order valence-electron chi connectivity index (χ1n) is 6.27. The summed E-state index contributed by atoms with van der Waals surface area (Å²) in [6.45, 7) is 5.53. The smallest absolute Gasteiger partial charge is 0.318 e. The molecule has 0 amide bonds. The average Bonchev–Trinajstić information content (AvgIpc) is 2.80. The lowest BCUT2D eigenvalue weighted by Crippen LogP contribution is -2.31. The van der Waals surface area contributed by atoms with Crippen molar-refractivity contribution >= 4 is 21.9 Å². The van der Waals surface area contributed by atoms with Crippen LogP contribution in [0.5, 0.6) is 0 Å². The molecule has 0 aliphatic carbocycles. The van der Waals surface area contributed by atoms with E-state index in [-0.39, 0.29) is 5.97 Å². The minimum atomic E-state index is -0.802. The van der Waals surface area contributed by atoms with Gasteiger partial charge in [-0.05, 0) is 32.9 Å². The second kappa shape index (κ2) is 5.40. The van der Waals surface area contributed by atoms with Gasteiger partial charge in [0, 0.05) is 15.7 Å². The number of carbonyl (C=O) groups is 1. The van der Waals surface area contributed by atoms with E-state index < -0.39 is 5.41 Å². The molecule has 20 heavy (non-hydrogen) atoms. The number of rotatable bonds is 3. The minimum absolute atomic E-state index is 0.313. The first-order chi connectivity index (χ1) is 9.36. The van der Waals surface area contributed by atoms with Crippen molar-refractivity contribution in [2.45, 2.75) is 26.2 Å². The van der Waals surface area contributed by atoms with Crippen molar-refractivity contribution in [1.82, 2.24) is 9.97 Å². The van der Waals surface area contributed by atoms with Crippen LogP contribution >= 0.6 is 15.9 Å². The van der Waals surface area contributed by atoms with E-state index in [0.717, 1.165) is 21.4 Å². The summed E-state index contributed by atoms with van der Waals surface area (Å²) >= 11 is 3.45. The molecular formula is C15H17BrN2O2. The SMILES string of the molecule is COC(=O)C(C)(C)c1nc(-c2cccc(Br)c2)c(C)[nH]1. The van der Waals surface area contributed by atoms with E-state index in [4.69, 9.17) is 4.74 Å². The Labute approximate surface area is 126 Å². The average molecular weight is 337 g/mol. The van der Waals surface area contributed by atoms with E-state index >= 15 is 0 Å². The van der Waals surface area contributed by atoms with Crippen molar-refractivity contribution in [1.29, 1.82) is 0 Å². The van der Waals surface area contributed by atoms with Crippen molar-refractivity contribution in [3.63, 3.8) is 0 Å². The van der Waals surface area contributed by atoms with Gasteiger partial charge in [0.25, 0.3) is 0 Å². The van der Waals surface area contributed by atoms with Gasteiger partial charge in [-0.2, -0.15) is 0 Å². The molecule has 1 N–H and O–H groups in total. The van der Waals surface area contributed by atoms with Crippen molar-refractivity contribution in [2.24, 2.45) is 0 Å². The van der Waals surface area contributed by atoms with Gasteiger partial charge in [0.05, 0.1) is 12.8 Å². The molecule has 0 saturated carbocycles.